The van der Waals surface area contributed by atoms with Crippen LogP contribution in [0.5, 0.6) is 0 Å². The summed E-state index contributed by atoms with van der Waals surface area (Å²) in [7, 11) is 0. The molecule has 0 aliphatic carbocycles. The molecule has 1 N–H and O–H groups in total. The Kier molecular flexibility index (Phi) is 4.36. The maximum absolute atomic E-state index is 10.6. The van der Waals surface area contributed by atoms with E-state index in [0.717, 1.165) is 5.75 Å². The molecule has 0 amide bonds. The molecule has 4 heteroatoms. The molecule has 0 saturated heterocycles. The van der Waals surface area contributed by atoms with Crippen molar-refractivity contribution >= 4 is 33.7 Å². The maximum atomic E-state index is 10.6. The van der Waals surface area contributed by atoms with Gasteiger partial charge in [0.05, 0.1) is 0 Å². The van der Waals surface area contributed by atoms with Crippen LogP contribution in [0, 0.1) is 0 Å². The van der Waals surface area contributed by atoms with E-state index in [1.807, 2.05) is 13.8 Å². The minimum absolute atomic E-state index is 0.598. The fraction of sp³-hybridized carbons (Fsp3) is 0.833. The number of rotatable bonds is 4. The van der Waals surface area contributed by atoms with Crippen molar-refractivity contribution in [3.63, 3.8) is 0 Å². The summed E-state index contributed by atoms with van der Waals surface area (Å²) in [6.45, 7) is 3.80. The van der Waals surface area contributed by atoms with Crippen LogP contribution in [0.3, 0.4) is 0 Å². The van der Waals surface area contributed by atoms with E-state index in [4.69, 9.17) is 5.11 Å². The standard InChI is InChI=1S/C6H11BrO2S/c1-3-6(7,5(8)9)10-4-2/h3-4H2,1-2H3,(H,8,9). The van der Waals surface area contributed by atoms with Crippen molar-refractivity contribution < 1.29 is 9.90 Å². The molecule has 0 rings (SSSR count). The second-order valence-corrected chi connectivity index (χ2v) is 5.26. The highest BCUT2D eigenvalue weighted by Crippen LogP contribution is 2.35. The van der Waals surface area contributed by atoms with E-state index < -0.39 is 9.63 Å². The lowest BCUT2D eigenvalue weighted by atomic mass is 10.3. The number of hydrogen-bond donors (Lipinski definition) is 1. The first-order valence-electron chi connectivity index (χ1n) is 3.13. The lowest BCUT2D eigenvalue weighted by Crippen LogP contribution is -2.26. The SMILES string of the molecule is CCSC(Br)(CC)C(=O)O. The van der Waals surface area contributed by atoms with Crippen LogP contribution >= 0.6 is 27.7 Å². The van der Waals surface area contributed by atoms with E-state index in [2.05, 4.69) is 15.9 Å². The van der Waals surface area contributed by atoms with Gasteiger partial charge in [0.25, 0.3) is 0 Å². The van der Waals surface area contributed by atoms with Gasteiger partial charge in [0, 0.05) is 0 Å². The van der Waals surface area contributed by atoms with Crippen LogP contribution in [0.25, 0.3) is 0 Å². The fourth-order valence-electron chi connectivity index (χ4n) is 0.544. The smallest absolute Gasteiger partial charge is 0.330 e. The summed E-state index contributed by atoms with van der Waals surface area (Å²) in [5, 5.41) is 8.70. The number of carbonyl (C=O) groups is 1. The number of carboxylic acid groups (broad SMARTS) is 1. The lowest BCUT2D eigenvalue weighted by molar-refractivity contribution is -0.137. The van der Waals surface area contributed by atoms with E-state index in [-0.39, 0.29) is 0 Å². The van der Waals surface area contributed by atoms with E-state index >= 15 is 0 Å². The Morgan fingerprint density at radius 1 is 1.70 bits per heavy atom. The molecule has 1 atom stereocenters. The first kappa shape index (κ1) is 10.3. The second kappa shape index (κ2) is 4.23. The minimum atomic E-state index is -0.790. The first-order chi connectivity index (χ1) is 4.56. The predicted molar refractivity (Wildman–Crippen MR) is 47.7 cm³/mol. The number of thioether (sulfide) groups is 1. The van der Waals surface area contributed by atoms with Crippen LogP contribution in [-0.2, 0) is 4.79 Å². The van der Waals surface area contributed by atoms with Gasteiger partial charge in [-0.05, 0) is 12.2 Å². The summed E-state index contributed by atoms with van der Waals surface area (Å²) in [5.41, 5.74) is 0. The molecule has 1 unspecified atom stereocenters. The van der Waals surface area contributed by atoms with Crippen molar-refractivity contribution in [2.45, 2.75) is 23.9 Å². The van der Waals surface area contributed by atoms with Gasteiger partial charge in [0.15, 0.2) is 3.66 Å². The van der Waals surface area contributed by atoms with Gasteiger partial charge >= 0.3 is 5.97 Å². The predicted octanol–water partition coefficient (Wildman–Crippen LogP) is 2.33. The van der Waals surface area contributed by atoms with Crippen LogP contribution in [0.2, 0.25) is 0 Å². The van der Waals surface area contributed by atoms with Gasteiger partial charge in [-0.1, -0.05) is 29.8 Å². The highest BCUT2D eigenvalue weighted by Gasteiger charge is 2.32. The van der Waals surface area contributed by atoms with Crippen molar-refractivity contribution in [1.29, 1.82) is 0 Å². The zero-order valence-electron chi connectivity index (χ0n) is 6.06. The first-order valence-corrected chi connectivity index (χ1v) is 4.91. The molecule has 0 fully saturated rings. The highest BCUT2D eigenvalue weighted by atomic mass is 79.9. The minimum Gasteiger partial charge on any atom is -0.480 e. The molecule has 10 heavy (non-hydrogen) atoms. The van der Waals surface area contributed by atoms with Crippen molar-refractivity contribution in [2.24, 2.45) is 0 Å². The topological polar surface area (TPSA) is 37.3 Å². The third kappa shape index (κ3) is 2.50. The molecule has 0 aromatic carbocycles. The quantitative estimate of drug-likeness (QED) is 0.749. The van der Waals surface area contributed by atoms with Crippen LogP contribution in [-0.4, -0.2) is 20.5 Å². The van der Waals surface area contributed by atoms with Crippen molar-refractivity contribution in [2.75, 3.05) is 5.75 Å². The Bertz CT molecular complexity index is 129. The molecule has 0 heterocycles. The summed E-state index contributed by atoms with van der Waals surface area (Å²) in [6, 6.07) is 0. The molecule has 0 saturated carbocycles. The molecule has 0 aliphatic rings. The Morgan fingerprint density at radius 2 is 2.20 bits per heavy atom. The van der Waals surface area contributed by atoms with Gasteiger partial charge in [0.1, 0.15) is 0 Å². The molecular formula is C6H11BrO2S. The average Bonchev–Trinajstić information content (AvgIpc) is 1.88. The zero-order valence-corrected chi connectivity index (χ0v) is 8.46. The Hall–Kier alpha value is 0.300. The van der Waals surface area contributed by atoms with Gasteiger partial charge in [-0.15, -0.1) is 11.8 Å². The Balaban J connectivity index is 4.08. The summed E-state index contributed by atoms with van der Waals surface area (Å²) in [4.78, 5) is 10.6. The molecule has 60 valence electrons. The van der Waals surface area contributed by atoms with Crippen LogP contribution in [0.1, 0.15) is 20.3 Å². The molecule has 0 radical (unpaired) electrons. The van der Waals surface area contributed by atoms with Gasteiger partial charge in [-0.3, -0.25) is 0 Å². The largest absolute Gasteiger partial charge is 0.480 e. The second-order valence-electron chi connectivity index (χ2n) is 1.82. The summed E-state index contributed by atoms with van der Waals surface area (Å²) in [6.07, 6.45) is 0.598. The monoisotopic (exact) mass is 226 g/mol. The third-order valence-corrected chi connectivity index (χ3v) is 3.94. The number of alkyl halides is 1. The van der Waals surface area contributed by atoms with Crippen LogP contribution in [0.4, 0.5) is 0 Å². The summed E-state index contributed by atoms with van der Waals surface area (Å²) in [5.74, 6) is 0.0209. The van der Waals surface area contributed by atoms with E-state index in [9.17, 15) is 4.79 Å². The molecule has 0 aliphatic heterocycles. The van der Waals surface area contributed by atoms with Crippen molar-refractivity contribution in [1.82, 2.24) is 0 Å². The number of aliphatic carboxylic acids is 1. The zero-order chi connectivity index (χ0) is 8.20. The average molecular weight is 227 g/mol. The number of halogens is 1. The van der Waals surface area contributed by atoms with Crippen LogP contribution < -0.4 is 0 Å². The molecule has 0 bridgehead atoms. The molecule has 2 nitrogen and oxygen atoms in total. The normalized spacial score (nSPS) is 16.3. The maximum Gasteiger partial charge on any atom is 0.330 e. The molecule has 0 spiro atoms. The Labute approximate surface area is 73.5 Å². The lowest BCUT2D eigenvalue weighted by Gasteiger charge is -2.18. The van der Waals surface area contributed by atoms with Crippen molar-refractivity contribution in [3.05, 3.63) is 0 Å². The third-order valence-electron chi connectivity index (χ3n) is 1.15. The van der Waals surface area contributed by atoms with Crippen molar-refractivity contribution in [3.8, 4) is 0 Å². The van der Waals surface area contributed by atoms with E-state index in [1.54, 1.807) is 0 Å². The van der Waals surface area contributed by atoms with Gasteiger partial charge in [-0.2, -0.15) is 0 Å². The summed E-state index contributed by atoms with van der Waals surface area (Å²) >= 11 is 4.58. The molecular weight excluding hydrogens is 216 g/mol. The van der Waals surface area contributed by atoms with Gasteiger partial charge in [0.2, 0.25) is 0 Å². The summed E-state index contributed by atoms with van der Waals surface area (Å²) < 4.78 is -0.762. The van der Waals surface area contributed by atoms with Crippen LogP contribution in [0.15, 0.2) is 0 Å². The fourth-order valence-corrected chi connectivity index (χ4v) is 2.02. The van der Waals surface area contributed by atoms with E-state index in [0.29, 0.717) is 6.42 Å². The molecule has 0 aromatic rings. The van der Waals surface area contributed by atoms with Gasteiger partial charge in [-0.25, -0.2) is 4.79 Å². The Morgan fingerprint density at radius 3 is 2.30 bits per heavy atom. The number of hydrogen-bond acceptors (Lipinski definition) is 2. The number of carboxylic acids is 1. The highest BCUT2D eigenvalue weighted by molar-refractivity contribution is 9.12. The van der Waals surface area contributed by atoms with Gasteiger partial charge < -0.3 is 5.11 Å². The van der Waals surface area contributed by atoms with E-state index in [1.165, 1.54) is 11.8 Å². The molecule has 0 aromatic heterocycles.